The van der Waals surface area contributed by atoms with Gasteiger partial charge in [-0.3, -0.25) is 20.4 Å². The number of rotatable bonds is 6. The second-order valence-corrected chi connectivity index (χ2v) is 5.47. The molecule has 2 N–H and O–H groups in total. The molecule has 0 bridgehead atoms. The average Bonchev–Trinajstić information content (AvgIpc) is 2.65. The third kappa shape index (κ3) is 4.97. The minimum atomic E-state index is -0.708. The Labute approximate surface area is 147 Å². The number of nitrogens with one attached hydrogen (secondary N) is 2. The fraction of sp³-hybridized carbons (Fsp3) is 0.263. The third-order valence-electron chi connectivity index (χ3n) is 3.61. The minimum absolute atomic E-state index is 0.331. The summed E-state index contributed by atoms with van der Waals surface area (Å²) in [6.07, 6.45) is -0.245. The molecule has 0 spiro atoms. The summed E-state index contributed by atoms with van der Waals surface area (Å²) in [5.74, 6) is 0.142. The van der Waals surface area contributed by atoms with Crippen molar-refractivity contribution in [2.24, 2.45) is 0 Å². The topological polar surface area (TPSA) is 76.7 Å². The van der Waals surface area contributed by atoms with Crippen LogP contribution in [0.2, 0.25) is 0 Å². The van der Waals surface area contributed by atoms with Crippen LogP contribution < -0.4 is 20.3 Å². The maximum absolute atomic E-state index is 12.3. The van der Waals surface area contributed by atoms with Gasteiger partial charge >= 0.3 is 0 Å². The highest BCUT2D eigenvalue weighted by atomic mass is 16.5. The van der Waals surface area contributed by atoms with Crippen LogP contribution in [0.3, 0.4) is 0 Å². The normalized spacial score (nSPS) is 11.3. The highest BCUT2D eigenvalue weighted by Gasteiger charge is 2.20. The Bertz CT molecular complexity index is 728. The van der Waals surface area contributed by atoms with Crippen molar-refractivity contribution >= 4 is 11.8 Å². The van der Waals surface area contributed by atoms with E-state index < -0.39 is 17.9 Å². The maximum Gasteiger partial charge on any atom is 0.279 e. The van der Waals surface area contributed by atoms with Crippen LogP contribution >= 0.6 is 0 Å². The van der Waals surface area contributed by atoms with Gasteiger partial charge in [-0.1, -0.05) is 36.8 Å². The number of aryl methyl sites for hydroxylation is 1. The lowest BCUT2D eigenvalue weighted by Gasteiger charge is -2.18. The number of amides is 2. The second-order valence-electron chi connectivity index (χ2n) is 5.47. The second kappa shape index (κ2) is 8.73. The molecule has 2 aromatic carbocycles. The molecule has 2 aromatic rings. The van der Waals surface area contributed by atoms with Gasteiger partial charge < -0.3 is 9.47 Å². The molecule has 132 valence electrons. The summed E-state index contributed by atoms with van der Waals surface area (Å²) in [5, 5.41) is 0. The Morgan fingerprint density at radius 2 is 1.72 bits per heavy atom. The van der Waals surface area contributed by atoms with Gasteiger partial charge in [-0.05, 0) is 37.6 Å². The number of methoxy groups -OCH3 is 1. The Balaban J connectivity index is 1.95. The molecule has 2 rings (SSSR count). The maximum atomic E-state index is 12.3. The van der Waals surface area contributed by atoms with E-state index in [1.165, 1.54) is 7.11 Å². The summed E-state index contributed by atoms with van der Waals surface area (Å²) in [5.41, 5.74) is 6.22. The lowest BCUT2D eigenvalue weighted by Crippen LogP contribution is -2.48. The van der Waals surface area contributed by atoms with Crippen LogP contribution in [0.1, 0.15) is 29.3 Å². The van der Waals surface area contributed by atoms with Crippen LogP contribution in [-0.4, -0.2) is 25.0 Å². The molecule has 0 aliphatic rings. The molecule has 0 saturated heterocycles. The molecule has 1 atom stereocenters. The van der Waals surface area contributed by atoms with E-state index in [1.54, 1.807) is 36.4 Å². The molecule has 0 aliphatic carbocycles. The molecular formula is C19H22N2O4. The number of hydrogen-bond acceptors (Lipinski definition) is 4. The summed E-state index contributed by atoms with van der Waals surface area (Å²) in [6.45, 7) is 3.81. The monoisotopic (exact) mass is 342 g/mol. The molecule has 6 nitrogen and oxygen atoms in total. The predicted octanol–water partition coefficient (Wildman–Crippen LogP) is 2.62. The van der Waals surface area contributed by atoms with Crippen molar-refractivity contribution in [3.63, 3.8) is 0 Å². The molecule has 6 heteroatoms. The summed E-state index contributed by atoms with van der Waals surface area (Å²) in [4.78, 5) is 24.4. The van der Waals surface area contributed by atoms with Gasteiger partial charge in [0.05, 0.1) is 12.7 Å². The highest BCUT2D eigenvalue weighted by Crippen LogP contribution is 2.17. The molecule has 2 amide bonds. The van der Waals surface area contributed by atoms with Crippen molar-refractivity contribution < 1.29 is 19.1 Å². The van der Waals surface area contributed by atoms with Crippen molar-refractivity contribution in [1.82, 2.24) is 10.9 Å². The Hall–Kier alpha value is -3.02. The van der Waals surface area contributed by atoms with Crippen molar-refractivity contribution in [2.45, 2.75) is 26.4 Å². The summed E-state index contributed by atoms with van der Waals surface area (Å²) >= 11 is 0. The third-order valence-corrected chi connectivity index (χ3v) is 3.61. The van der Waals surface area contributed by atoms with Crippen LogP contribution in [0.4, 0.5) is 0 Å². The van der Waals surface area contributed by atoms with E-state index in [2.05, 4.69) is 10.9 Å². The number of hydrazine groups is 1. The Morgan fingerprint density at radius 1 is 1.04 bits per heavy atom. The zero-order chi connectivity index (χ0) is 18.2. The van der Waals surface area contributed by atoms with Gasteiger partial charge in [0.25, 0.3) is 11.8 Å². The number of hydrogen-bond donors (Lipinski definition) is 2. The van der Waals surface area contributed by atoms with Crippen LogP contribution in [0, 0.1) is 6.92 Å². The number of ether oxygens (including phenoxy) is 2. The average molecular weight is 342 g/mol. The van der Waals surface area contributed by atoms with E-state index in [9.17, 15) is 9.59 Å². The van der Waals surface area contributed by atoms with E-state index in [4.69, 9.17) is 9.47 Å². The molecule has 0 aromatic heterocycles. The van der Waals surface area contributed by atoms with Crippen molar-refractivity contribution in [1.29, 1.82) is 0 Å². The van der Waals surface area contributed by atoms with Crippen LogP contribution in [0.5, 0.6) is 11.5 Å². The van der Waals surface area contributed by atoms with E-state index in [-0.39, 0.29) is 0 Å². The quantitative estimate of drug-likeness (QED) is 0.791. The number of para-hydroxylation sites is 1. The van der Waals surface area contributed by atoms with Gasteiger partial charge in [0.1, 0.15) is 11.5 Å². The molecule has 0 heterocycles. The number of benzene rings is 2. The smallest absolute Gasteiger partial charge is 0.279 e. The van der Waals surface area contributed by atoms with Gasteiger partial charge in [-0.25, -0.2) is 0 Å². The molecule has 0 fully saturated rings. The Kier molecular flexibility index (Phi) is 6.39. The number of carbonyl (C=O) groups excluding carboxylic acids is 2. The predicted molar refractivity (Wildman–Crippen MR) is 94.5 cm³/mol. The largest absolute Gasteiger partial charge is 0.496 e. The van der Waals surface area contributed by atoms with Crippen molar-refractivity contribution in [3.05, 3.63) is 59.7 Å². The first-order valence-corrected chi connectivity index (χ1v) is 8.01. The van der Waals surface area contributed by atoms with Gasteiger partial charge in [0.2, 0.25) is 0 Å². The van der Waals surface area contributed by atoms with Crippen LogP contribution in [-0.2, 0) is 4.79 Å². The molecule has 0 radical (unpaired) electrons. The van der Waals surface area contributed by atoms with Crippen molar-refractivity contribution in [3.8, 4) is 11.5 Å². The molecule has 25 heavy (non-hydrogen) atoms. The van der Waals surface area contributed by atoms with E-state index >= 15 is 0 Å². The summed E-state index contributed by atoms with van der Waals surface area (Å²) < 4.78 is 10.8. The molecule has 0 saturated carbocycles. The first-order valence-electron chi connectivity index (χ1n) is 8.01. The fourth-order valence-electron chi connectivity index (χ4n) is 2.20. The zero-order valence-electron chi connectivity index (χ0n) is 14.5. The van der Waals surface area contributed by atoms with Crippen LogP contribution in [0.15, 0.2) is 48.5 Å². The van der Waals surface area contributed by atoms with Gasteiger partial charge in [-0.2, -0.15) is 0 Å². The fourth-order valence-corrected chi connectivity index (χ4v) is 2.20. The van der Waals surface area contributed by atoms with E-state index in [0.717, 1.165) is 5.56 Å². The van der Waals surface area contributed by atoms with E-state index in [1.807, 2.05) is 26.0 Å². The lowest BCUT2D eigenvalue weighted by molar-refractivity contribution is -0.128. The molecular weight excluding hydrogens is 320 g/mol. The first kappa shape index (κ1) is 18.3. The van der Waals surface area contributed by atoms with Gasteiger partial charge in [0.15, 0.2) is 6.10 Å². The highest BCUT2D eigenvalue weighted by molar-refractivity contribution is 5.98. The van der Waals surface area contributed by atoms with Crippen molar-refractivity contribution in [2.75, 3.05) is 7.11 Å². The minimum Gasteiger partial charge on any atom is -0.496 e. The van der Waals surface area contributed by atoms with Crippen LogP contribution in [0.25, 0.3) is 0 Å². The van der Waals surface area contributed by atoms with E-state index in [0.29, 0.717) is 23.5 Å². The Morgan fingerprint density at radius 3 is 2.36 bits per heavy atom. The SMILES string of the molecule is CCC(Oc1ccc(C)cc1)C(=O)NNC(=O)c1ccccc1OC. The van der Waals surface area contributed by atoms with Gasteiger partial charge in [-0.15, -0.1) is 0 Å². The standard InChI is InChI=1S/C19H22N2O4/c1-4-16(25-14-11-9-13(2)10-12-14)19(23)21-20-18(22)15-7-5-6-8-17(15)24-3/h5-12,16H,4H2,1-3H3,(H,20,22)(H,21,23). The lowest BCUT2D eigenvalue weighted by atomic mass is 10.2. The first-order chi connectivity index (χ1) is 12.0. The summed E-state index contributed by atoms with van der Waals surface area (Å²) in [7, 11) is 1.48. The molecule has 1 unspecified atom stereocenters. The zero-order valence-corrected chi connectivity index (χ0v) is 14.5. The van der Waals surface area contributed by atoms with Gasteiger partial charge in [0, 0.05) is 0 Å². The summed E-state index contributed by atoms with van der Waals surface area (Å²) in [6, 6.07) is 14.2. The molecule has 0 aliphatic heterocycles. The number of carbonyl (C=O) groups is 2.